The van der Waals surface area contributed by atoms with Crippen molar-refractivity contribution >= 4 is 23.4 Å². The van der Waals surface area contributed by atoms with Crippen LogP contribution >= 0.6 is 11.8 Å². The quantitative estimate of drug-likeness (QED) is 0.580. The van der Waals surface area contributed by atoms with Gasteiger partial charge in [-0.3, -0.25) is 4.79 Å². The van der Waals surface area contributed by atoms with Crippen LogP contribution in [0.4, 0.5) is 5.69 Å². The molecular weight excluding hydrogens is 374 g/mol. The summed E-state index contributed by atoms with van der Waals surface area (Å²) in [5, 5.41) is 15.3. The number of methoxy groups -OCH3 is 1. The number of hydrogen-bond acceptors (Lipinski definition) is 6. The highest BCUT2D eigenvalue weighted by Gasteiger charge is 2.14. The van der Waals surface area contributed by atoms with Gasteiger partial charge in [0.2, 0.25) is 11.1 Å². The minimum absolute atomic E-state index is 0.0926. The van der Waals surface area contributed by atoms with Crippen LogP contribution in [0.2, 0.25) is 0 Å². The van der Waals surface area contributed by atoms with Gasteiger partial charge >= 0.3 is 0 Å². The van der Waals surface area contributed by atoms with E-state index in [0.29, 0.717) is 11.1 Å². The molecule has 3 aromatic rings. The molecule has 3 rings (SSSR count). The van der Waals surface area contributed by atoms with Crippen LogP contribution in [0.15, 0.2) is 53.7 Å². The van der Waals surface area contributed by atoms with Gasteiger partial charge in [0.1, 0.15) is 5.75 Å². The van der Waals surface area contributed by atoms with E-state index in [-0.39, 0.29) is 11.7 Å². The average Bonchev–Trinajstić information content (AvgIpc) is 3.21. The molecule has 1 N–H and O–H groups in total. The molecule has 0 aliphatic carbocycles. The van der Waals surface area contributed by atoms with Crippen molar-refractivity contribution in [3.63, 3.8) is 0 Å². The molecule has 7 nitrogen and oxygen atoms in total. The highest BCUT2D eigenvalue weighted by Crippen LogP contribution is 2.27. The summed E-state index contributed by atoms with van der Waals surface area (Å²) >= 11 is 1.29. The summed E-state index contributed by atoms with van der Waals surface area (Å²) < 4.78 is 6.77. The molecule has 0 saturated heterocycles. The molecular formula is C20H23N5O2S. The van der Waals surface area contributed by atoms with Gasteiger partial charge in [-0.15, -0.1) is 5.10 Å². The molecule has 0 aliphatic heterocycles. The Labute approximate surface area is 168 Å². The fourth-order valence-electron chi connectivity index (χ4n) is 2.73. The maximum atomic E-state index is 12.5. The lowest BCUT2D eigenvalue weighted by Crippen LogP contribution is -2.16. The number of anilines is 1. The minimum Gasteiger partial charge on any atom is -0.497 e. The van der Waals surface area contributed by atoms with E-state index in [1.165, 1.54) is 11.8 Å². The summed E-state index contributed by atoms with van der Waals surface area (Å²) in [5.74, 6) is 1.26. The molecule has 0 spiro atoms. The number of benzene rings is 2. The van der Waals surface area contributed by atoms with Gasteiger partial charge in [0, 0.05) is 5.69 Å². The van der Waals surface area contributed by atoms with Crippen molar-refractivity contribution < 1.29 is 9.53 Å². The summed E-state index contributed by atoms with van der Waals surface area (Å²) in [7, 11) is 1.62. The number of para-hydroxylation sites is 1. The third-order valence-electron chi connectivity index (χ3n) is 4.47. The first-order chi connectivity index (χ1) is 13.6. The number of tetrazole rings is 1. The standard InChI is InChI=1S/C20H23N5O2S/c1-4-14(2)17-7-5-6-8-18(17)21-19(26)13-28-20-22-23-24-25(20)15-9-11-16(27-3)12-10-15/h5-12,14H,4,13H2,1-3H3,(H,21,26). The van der Waals surface area contributed by atoms with Gasteiger partial charge in [0.25, 0.3) is 0 Å². The topological polar surface area (TPSA) is 81.9 Å². The zero-order chi connectivity index (χ0) is 19.9. The summed E-state index contributed by atoms with van der Waals surface area (Å²) in [6.07, 6.45) is 1.01. The lowest BCUT2D eigenvalue weighted by Gasteiger charge is -2.15. The Hall–Kier alpha value is -2.87. The van der Waals surface area contributed by atoms with E-state index in [2.05, 4.69) is 40.8 Å². The molecule has 0 fully saturated rings. The largest absolute Gasteiger partial charge is 0.497 e. The summed E-state index contributed by atoms with van der Waals surface area (Å²) in [6, 6.07) is 15.3. The highest BCUT2D eigenvalue weighted by molar-refractivity contribution is 7.99. The molecule has 1 atom stereocenters. The number of thioether (sulfide) groups is 1. The molecule has 146 valence electrons. The first-order valence-electron chi connectivity index (χ1n) is 9.06. The lowest BCUT2D eigenvalue weighted by molar-refractivity contribution is -0.113. The molecule has 1 heterocycles. The Balaban J connectivity index is 1.65. The number of carbonyl (C=O) groups excluding carboxylic acids is 1. The molecule has 1 aromatic heterocycles. The molecule has 0 aliphatic rings. The first-order valence-corrected chi connectivity index (χ1v) is 10.0. The number of nitrogens with zero attached hydrogens (tertiary/aromatic N) is 4. The van der Waals surface area contributed by atoms with Crippen molar-refractivity contribution in [2.45, 2.75) is 31.3 Å². The number of ether oxygens (including phenoxy) is 1. The van der Waals surface area contributed by atoms with Gasteiger partial charge in [0.05, 0.1) is 18.6 Å². The number of carbonyl (C=O) groups is 1. The number of hydrogen-bond donors (Lipinski definition) is 1. The van der Waals surface area contributed by atoms with Crippen LogP contribution in [0.1, 0.15) is 31.7 Å². The number of amides is 1. The monoisotopic (exact) mass is 397 g/mol. The number of nitrogens with one attached hydrogen (secondary N) is 1. The number of rotatable bonds is 8. The lowest BCUT2D eigenvalue weighted by atomic mass is 9.97. The Morgan fingerprint density at radius 2 is 1.96 bits per heavy atom. The maximum absolute atomic E-state index is 12.5. The second-order valence-electron chi connectivity index (χ2n) is 6.30. The van der Waals surface area contributed by atoms with Crippen LogP contribution in [-0.2, 0) is 4.79 Å². The highest BCUT2D eigenvalue weighted by atomic mass is 32.2. The molecule has 0 saturated carbocycles. The maximum Gasteiger partial charge on any atom is 0.234 e. The smallest absolute Gasteiger partial charge is 0.234 e. The third-order valence-corrected chi connectivity index (χ3v) is 5.39. The van der Waals surface area contributed by atoms with E-state index in [4.69, 9.17) is 4.74 Å². The Morgan fingerprint density at radius 1 is 1.21 bits per heavy atom. The van der Waals surface area contributed by atoms with Crippen molar-refractivity contribution in [2.75, 3.05) is 18.2 Å². The van der Waals surface area contributed by atoms with Gasteiger partial charge < -0.3 is 10.1 Å². The van der Waals surface area contributed by atoms with Crippen molar-refractivity contribution in [2.24, 2.45) is 0 Å². The van der Waals surface area contributed by atoms with Crippen LogP contribution in [0.3, 0.4) is 0 Å². The van der Waals surface area contributed by atoms with Crippen LogP contribution in [0, 0.1) is 0 Å². The van der Waals surface area contributed by atoms with Crippen molar-refractivity contribution in [3.8, 4) is 11.4 Å². The summed E-state index contributed by atoms with van der Waals surface area (Å²) in [5.41, 5.74) is 2.81. The molecule has 28 heavy (non-hydrogen) atoms. The predicted molar refractivity (Wildman–Crippen MR) is 110 cm³/mol. The first kappa shape index (κ1) is 19.9. The van der Waals surface area contributed by atoms with Crippen LogP contribution in [-0.4, -0.2) is 39.0 Å². The Bertz CT molecular complexity index is 926. The number of aromatic nitrogens is 4. The summed E-state index contributed by atoms with van der Waals surface area (Å²) in [4.78, 5) is 12.5. The van der Waals surface area contributed by atoms with E-state index >= 15 is 0 Å². The van der Waals surface area contributed by atoms with Gasteiger partial charge in [-0.1, -0.05) is 43.8 Å². The van der Waals surface area contributed by atoms with E-state index in [0.717, 1.165) is 29.1 Å². The van der Waals surface area contributed by atoms with E-state index in [9.17, 15) is 4.79 Å². The normalized spacial score (nSPS) is 11.8. The zero-order valence-corrected chi connectivity index (χ0v) is 16.9. The van der Waals surface area contributed by atoms with E-state index in [1.807, 2.05) is 42.5 Å². The van der Waals surface area contributed by atoms with Crippen molar-refractivity contribution in [3.05, 3.63) is 54.1 Å². The summed E-state index contributed by atoms with van der Waals surface area (Å²) in [6.45, 7) is 4.29. The van der Waals surface area contributed by atoms with Gasteiger partial charge in [-0.05, 0) is 58.7 Å². The average molecular weight is 398 g/mol. The van der Waals surface area contributed by atoms with E-state index in [1.54, 1.807) is 11.8 Å². The van der Waals surface area contributed by atoms with Crippen LogP contribution in [0.25, 0.3) is 5.69 Å². The SMILES string of the molecule is CCC(C)c1ccccc1NC(=O)CSc1nnnn1-c1ccc(OC)cc1. The van der Waals surface area contributed by atoms with Crippen molar-refractivity contribution in [1.29, 1.82) is 0 Å². The van der Waals surface area contributed by atoms with Crippen LogP contribution in [0.5, 0.6) is 5.75 Å². The molecule has 1 amide bonds. The van der Waals surface area contributed by atoms with Crippen molar-refractivity contribution in [1.82, 2.24) is 20.2 Å². The minimum atomic E-state index is -0.0926. The fourth-order valence-corrected chi connectivity index (χ4v) is 3.42. The van der Waals surface area contributed by atoms with E-state index < -0.39 is 0 Å². The molecule has 1 unspecified atom stereocenters. The molecule has 0 radical (unpaired) electrons. The molecule has 0 bridgehead atoms. The van der Waals surface area contributed by atoms with Gasteiger partial charge in [-0.25, -0.2) is 0 Å². The predicted octanol–water partition coefficient (Wildman–Crippen LogP) is 3.92. The molecule has 2 aromatic carbocycles. The molecule has 8 heteroatoms. The van der Waals surface area contributed by atoms with Crippen LogP contribution < -0.4 is 10.1 Å². The zero-order valence-electron chi connectivity index (χ0n) is 16.1. The second kappa shape index (κ2) is 9.36. The second-order valence-corrected chi connectivity index (χ2v) is 7.25. The van der Waals surface area contributed by atoms with Gasteiger partial charge in [0.15, 0.2) is 0 Å². The van der Waals surface area contributed by atoms with Gasteiger partial charge in [-0.2, -0.15) is 4.68 Å². The fraction of sp³-hybridized carbons (Fsp3) is 0.300. The Morgan fingerprint density at radius 3 is 2.68 bits per heavy atom. The third kappa shape index (κ3) is 4.69. The Kier molecular flexibility index (Phi) is 6.65.